The molecule has 124 valence electrons. The lowest BCUT2D eigenvalue weighted by molar-refractivity contribution is 0.858. The Morgan fingerprint density at radius 2 is 1.80 bits per heavy atom. The predicted octanol–water partition coefficient (Wildman–Crippen LogP) is 4.57. The largest absolute Gasteiger partial charge is 0.348 e. The van der Waals surface area contributed by atoms with Gasteiger partial charge in [-0.25, -0.2) is 4.98 Å². The Bertz CT molecular complexity index is 899. The lowest BCUT2D eigenvalue weighted by Gasteiger charge is -2.15. The first-order valence-corrected chi connectivity index (χ1v) is 8.08. The van der Waals surface area contributed by atoms with Gasteiger partial charge in [0.2, 0.25) is 5.95 Å². The Hall–Kier alpha value is -3.39. The van der Waals surface area contributed by atoms with E-state index < -0.39 is 0 Å². The number of anilines is 3. The third kappa shape index (κ3) is 4.33. The van der Waals surface area contributed by atoms with E-state index in [4.69, 9.17) is 5.26 Å². The molecule has 0 aliphatic heterocycles. The summed E-state index contributed by atoms with van der Waals surface area (Å²) in [5, 5.41) is 15.6. The van der Waals surface area contributed by atoms with Gasteiger partial charge in [-0.15, -0.1) is 0 Å². The zero-order chi connectivity index (χ0) is 17.6. The Balaban J connectivity index is 1.79. The second kappa shape index (κ2) is 7.45. The number of rotatable bonds is 5. The summed E-state index contributed by atoms with van der Waals surface area (Å²) >= 11 is 0. The normalized spacial score (nSPS) is 11.4. The summed E-state index contributed by atoms with van der Waals surface area (Å²) in [7, 11) is 0. The number of aryl methyl sites for hydroxylation is 1. The Morgan fingerprint density at radius 3 is 2.56 bits per heavy atom. The van der Waals surface area contributed by atoms with Crippen LogP contribution in [0.3, 0.4) is 0 Å². The molecule has 2 aromatic carbocycles. The van der Waals surface area contributed by atoms with Gasteiger partial charge in [-0.3, -0.25) is 0 Å². The van der Waals surface area contributed by atoms with E-state index >= 15 is 0 Å². The number of benzene rings is 2. The number of hydrogen-bond acceptors (Lipinski definition) is 5. The summed E-state index contributed by atoms with van der Waals surface area (Å²) in [5.74, 6) is 1.25. The SMILES string of the molecule is Cc1cc(Nc2cccc(C#N)c2)nc(NC(C)c2ccccc2)n1. The fourth-order valence-corrected chi connectivity index (χ4v) is 2.53. The second-order valence-electron chi connectivity index (χ2n) is 5.81. The minimum atomic E-state index is 0.0952. The quantitative estimate of drug-likeness (QED) is 0.717. The maximum absolute atomic E-state index is 9.01. The number of nitrogens with one attached hydrogen (secondary N) is 2. The van der Waals surface area contributed by atoms with Gasteiger partial charge < -0.3 is 10.6 Å². The van der Waals surface area contributed by atoms with Crippen molar-refractivity contribution in [1.82, 2.24) is 9.97 Å². The number of aromatic nitrogens is 2. The van der Waals surface area contributed by atoms with Crippen LogP contribution in [0, 0.1) is 18.3 Å². The molecular weight excluding hydrogens is 310 g/mol. The third-order valence-corrected chi connectivity index (χ3v) is 3.76. The summed E-state index contributed by atoms with van der Waals surface area (Å²) in [6, 6.07) is 21.6. The van der Waals surface area contributed by atoms with Crippen molar-refractivity contribution in [2.75, 3.05) is 10.6 Å². The lowest BCUT2D eigenvalue weighted by atomic mass is 10.1. The maximum atomic E-state index is 9.01. The zero-order valence-electron chi connectivity index (χ0n) is 14.2. The number of nitriles is 1. The van der Waals surface area contributed by atoms with Crippen LogP contribution in [0.1, 0.15) is 29.8 Å². The first kappa shape index (κ1) is 16.5. The molecule has 1 atom stereocenters. The summed E-state index contributed by atoms with van der Waals surface area (Å²) in [6.07, 6.45) is 0. The number of nitrogens with zero attached hydrogens (tertiary/aromatic N) is 3. The van der Waals surface area contributed by atoms with Gasteiger partial charge >= 0.3 is 0 Å². The average Bonchev–Trinajstić information content (AvgIpc) is 2.62. The molecular formula is C20H19N5. The van der Waals surface area contributed by atoms with Gasteiger partial charge in [0.15, 0.2) is 0 Å². The van der Waals surface area contributed by atoms with Crippen molar-refractivity contribution in [2.45, 2.75) is 19.9 Å². The first-order chi connectivity index (χ1) is 12.1. The second-order valence-corrected chi connectivity index (χ2v) is 5.81. The van der Waals surface area contributed by atoms with E-state index in [0.29, 0.717) is 17.3 Å². The molecule has 1 aromatic heterocycles. The highest BCUT2D eigenvalue weighted by molar-refractivity contribution is 5.59. The summed E-state index contributed by atoms with van der Waals surface area (Å²) in [4.78, 5) is 8.99. The van der Waals surface area contributed by atoms with E-state index in [1.807, 2.05) is 43.3 Å². The van der Waals surface area contributed by atoms with Crippen molar-refractivity contribution in [1.29, 1.82) is 5.26 Å². The van der Waals surface area contributed by atoms with Gasteiger partial charge in [-0.1, -0.05) is 36.4 Å². The number of hydrogen-bond donors (Lipinski definition) is 2. The van der Waals surface area contributed by atoms with Gasteiger partial charge in [-0.05, 0) is 37.6 Å². The van der Waals surface area contributed by atoms with Crippen LogP contribution in [0.25, 0.3) is 0 Å². The van der Waals surface area contributed by atoms with E-state index in [1.54, 1.807) is 12.1 Å². The smallest absolute Gasteiger partial charge is 0.225 e. The van der Waals surface area contributed by atoms with Crippen molar-refractivity contribution in [3.05, 3.63) is 77.5 Å². The van der Waals surface area contributed by atoms with Gasteiger partial charge in [0.05, 0.1) is 17.7 Å². The molecule has 3 rings (SSSR count). The summed E-state index contributed by atoms with van der Waals surface area (Å²) < 4.78 is 0. The highest BCUT2D eigenvalue weighted by Gasteiger charge is 2.08. The van der Waals surface area contributed by atoms with Crippen LogP contribution in [0.5, 0.6) is 0 Å². The highest BCUT2D eigenvalue weighted by Crippen LogP contribution is 2.20. The molecule has 0 saturated heterocycles. The first-order valence-electron chi connectivity index (χ1n) is 8.08. The Labute approximate surface area is 147 Å². The molecule has 0 bridgehead atoms. The monoisotopic (exact) mass is 329 g/mol. The molecule has 0 saturated carbocycles. The van der Waals surface area contributed by atoms with Crippen LogP contribution >= 0.6 is 0 Å². The molecule has 0 aliphatic carbocycles. The molecule has 0 amide bonds. The molecule has 0 aliphatic rings. The van der Waals surface area contributed by atoms with Crippen molar-refractivity contribution in [3.8, 4) is 6.07 Å². The topological polar surface area (TPSA) is 73.6 Å². The minimum absolute atomic E-state index is 0.0952. The Morgan fingerprint density at radius 1 is 1.00 bits per heavy atom. The van der Waals surface area contributed by atoms with Crippen LogP contribution in [-0.4, -0.2) is 9.97 Å². The van der Waals surface area contributed by atoms with E-state index in [-0.39, 0.29) is 6.04 Å². The van der Waals surface area contributed by atoms with Crippen molar-refractivity contribution >= 4 is 17.5 Å². The maximum Gasteiger partial charge on any atom is 0.225 e. The fourth-order valence-electron chi connectivity index (χ4n) is 2.53. The minimum Gasteiger partial charge on any atom is -0.348 e. The van der Waals surface area contributed by atoms with Crippen LogP contribution < -0.4 is 10.6 Å². The van der Waals surface area contributed by atoms with Crippen LogP contribution in [-0.2, 0) is 0 Å². The van der Waals surface area contributed by atoms with E-state index in [0.717, 1.165) is 11.4 Å². The molecule has 3 aromatic rings. The molecule has 25 heavy (non-hydrogen) atoms. The zero-order valence-corrected chi connectivity index (χ0v) is 14.2. The third-order valence-electron chi connectivity index (χ3n) is 3.76. The van der Waals surface area contributed by atoms with Gasteiger partial charge in [-0.2, -0.15) is 10.2 Å². The average molecular weight is 329 g/mol. The van der Waals surface area contributed by atoms with Gasteiger partial charge in [0.25, 0.3) is 0 Å². The molecule has 0 radical (unpaired) electrons. The molecule has 5 nitrogen and oxygen atoms in total. The highest BCUT2D eigenvalue weighted by atomic mass is 15.2. The van der Waals surface area contributed by atoms with E-state index in [9.17, 15) is 0 Å². The summed E-state index contributed by atoms with van der Waals surface area (Å²) in [6.45, 7) is 4.00. The fraction of sp³-hybridized carbons (Fsp3) is 0.150. The van der Waals surface area contributed by atoms with Crippen LogP contribution in [0.2, 0.25) is 0 Å². The predicted molar refractivity (Wildman–Crippen MR) is 99.7 cm³/mol. The van der Waals surface area contributed by atoms with Crippen LogP contribution in [0.15, 0.2) is 60.7 Å². The van der Waals surface area contributed by atoms with Crippen molar-refractivity contribution in [2.24, 2.45) is 0 Å². The molecule has 1 heterocycles. The van der Waals surface area contributed by atoms with Crippen molar-refractivity contribution < 1.29 is 0 Å². The Kier molecular flexibility index (Phi) is 4.91. The van der Waals surface area contributed by atoms with Gasteiger partial charge in [0.1, 0.15) is 5.82 Å². The molecule has 5 heteroatoms. The van der Waals surface area contributed by atoms with Crippen LogP contribution in [0.4, 0.5) is 17.5 Å². The van der Waals surface area contributed by atoms with Gasteiger partial charge in [0, 0.05) is 17.4 Å². The molecule has 2 N–H and O–H groups in total. The van der Waals surface area contributed by atoms with E-state index in [1.165, 1.54) is 5.56 Å². The molecule has 1 unspecified atom stereocenters. The standard InChI is InChI=1S/C20H19N5/c1-14-11-19(24-18-10-6-7-16(12-18)13-21)25-20(22-14)23-15(2)17-8-4-3-5-9-17/h3-12,15H,1-2H3,(H2,22,23,24,25). The molecule has 0 fully saturated rings. The summed E-state index contributed by atoms with van der Waals surface area (Å²) in [5.41, 5.74) is 3.45. The molecule has 0 spiro atoms. The van der Waals surface area contributed by atoms with E-state index in [2.05, 4.69) is 45.7 Å². The lowest BCUT2D eigenvalue weighted by Crippen LogP contribution is -2.10. The van der Waals surface area contributed by atoms with Crippen molar-refractivity contribution in [3.63, 3.8) is 0 Å².